The van der Waals surface area contributed by atoms with Crippen molar-refractivity contribution < 1.29 is 18.9 Å². The molecule has 0 aromatic heterocycles. The molecule has 7 heteroatoms. The highest BCUT2D eigenvalue weighted by atomic mass is 35.5. The van der Waals surface area contributed by atoms with E-state index >= 15 is 0 Å². The van der Waals surface area contributed by atoms with Crippen LogP contribution in [-0.4, -0.2) is 31.4 Å². The standard InChI is InChI=1S/C20H23ClFN3O2/c1-3-10-25(12-19(26)23-17-7-5-4-6-14(17)2)13-20(27)24-18-9-8-15(22)11-16(18)21/h4-9,11H,3,10,12-13H2,1-2H3,(H,23,26)(H,24,27)/p+1. The second-order valence-corrected chi connectivity index (χ2v) is 6.80. The highest BCUT2D eigenvalue weighted by Crippen LogP contribution is 2.22. The van der Waals surface area contributed by atoms with Crippen molar-refractivity contribution in [3.05, 3.63) is 58.9 Å². The third-order valence-corrected chi connectivity index (χ3v) is 4.36. The minimum Gasteiger partial charge on any atom is -0.321 e. The number of aryl methyl sites for hydroxylation is 1. The molecule has 1 unspecified atom stereocenters. The number of amides is 2. The quantitative estimate of drug-likeness (QED) is 0.646. The first kappa shape index (κ1) is 20.9. The zero-order valence-corrected chi connectivity index (χ0v) is 16.2. The predicted molar refractivity (Wildman–Crippen MR) is 106 cm³/mol. The number of quaternary nitrogens is 1. The molecule has 3 N–H and O–H groups in total. The van der Waals surface area contributed by atoms with Crippen LogP contribution in [0.15, 0.2) is 42.5 Å². The summed E-state index contributed by atoms with van der Waals surface area (Å²) in [5.74, 6) is -0.903. The van der Waals surface area contributed by atoms with Gasteiger partial charge in [-0.3, -0.25) is 9.59 Å². The number of halogens is 2. The van der Waals surface area contributed by atoms with Crippen molar-refractivity contribution in [3.63, 3.8) is 0 Å². The number of hydrogen-bond donors (Lipinski definition) is 3. The fourth-order valence-electron chi connectivity index (χ4n) is 2.74. The molecule has 0 saturated heterocycles. The van der Waals surface area contributed by atoms with Crippen molar-refractivity contribution in [2.24, 2.45) is 0 Å². The molecule has 0 aliphatic heterocycles. The minimum absolute atomic E-state index is 0.114. The minimum atomic E-state index is -0.468. The molecule has 0 bridgehead atoms. The molecule has 0 fully saturated rings. The van der Waals surface area contributed by atoms with Crippen LogP contribution in [0.5, 0.6) is 0 Å². The number of carbonyl (C=O) groups excluding carboxylic acids is 2. The van der Waals surface area contributed by atoms with Gasteiger partial charge in [-0.1, -0.05) is 36.7 Å². The monoisotopic (exact) mass is 392 g/mol. The van der Waals surface area contributed by atoms with Gasteiger partial charge in [-0.15, -0.1) is 0 Å². The van der Waals surface area contributed by atoms with Crippen molar-refractivity contribution in [1.82, 2.24) is 0 Å². The van der Waals surface area contributed by atoms with Gasteiger partial charge in [-0.05, 0) is 43.2 Å². The zero-order chi connectivity index (χ0) is 19.8. The molecule has 0 aliphatic rings. The van der Waals surface area contributed by atoms with Crippen LogP contribution in [0.2, 0.25) is 5.02 Å². The van der Waals surface area contributed by atoms with Crippen molar-refractivity contribution in [2.45, 2.75) is 20.3 Å². The normalized spacial score (nSPS) is 11.7. The molecule has 1 atom stereocenters. The van der Waals surface area contributed by atoms with Crippen LogP contribution < -0.4 is 15.5 Å². The van der Waals surface area contributed by atoms with Crippen LogP contribution >= 0.6 is 11.6 Å². The Morgan fingerprint density at radius 3 is 2.26 bits per heavy atom. The number of nitrogens with one attached hydrogen (secondary N) is 3. The van der Waals surface area contributed by atoms with Crippen molar-refractivity contribution in [3.8, 4) is 0 Å². The Balaban J connectivity index is 1.94. The molecule has 0 aliphatic carbocycles. The van der Waals surface area contributed by atoms with Crippen LogP contribution in [0.4, 0.5) is 15.8 Å². The maximum Gasteiger partial charge on any atom is 0.279 e. The van der Waals surface area contributed by atoms with Gasteiger partial charge in [0, 0.05) is 5.69 Å². The van der Waals surface area contributed by atoms with Gasteiger partial charge in [-0.2, -0.15) is 0 Å². The molecule has 0 radical (unpaired) electrons. The van der Waals surface area contributed by atoms with Crippen molar-refractivity contribution >= 4 is 34.8 Å². The van der Waals surface area contributed by atoms with Gasteiger partial charge in [0.15, 0.2) is 13.1 Å². The molecular formula is C20H24ClFN3O2+. The maximum atomic E-state index is 13.1. The van der Waals surface area contributed by atoms with E-state index in [1.54, 1.807) is 0 Å². The largest absolute Gasteiger partial charge is 0.321 e. The Labute approximate surface area is 163 Å². The van der Waals surface area contributed by atoms with E-state index in [-0.39, 0.29) is 29.9 Å². The molecular weight excluding hydrogens is 369 g/mol. The second kappa shape index (κ2) is 10.0. The third-order valence-electron chi connectivity index (χ3n) is 4.05. The lowest BCUT2D eigenvalue weighted by Gasteiger charge is -2.18. The average molecular weight is 393 g/mol. The Bertz CT molecular complexity index is 814. The highest BCUT2D eigenvalue weighted by molar-refractivity contribution is 6.33. The average Bonchev–Trinajstić information content (AvgIpc) is 2.59. The van der Waals surface area contributed by atoms with Crippen LogP contribution in [0.25, 0.3) is 0 Å². The van der Waals surface area contributed by atoms with E-state index in [0.717, 1.165) is 28.6 Å². The summed E-state index contributed by atoms with van der Waals surface area (Å²) in [6.07, 6.45) is 0.831. The van der Waals surface area contributed by atoms with E-state index in [1.807, 2.05) is 38.1 Å². The molecule has 5 nitrogen and oxygen atoms in total. The number of anilines is 2. The summed E-state index contributed by atoms with van der Waals surface area (Å²) in [4.78, 5) is 25.5. The number of benzene rings is 2. The molecule has 0 heterocycles. The zero-order valence-electron chi connectivity index (χ0n) is 15.4. The summed E-state index contributed by atoms with van der Waals surface area (Å²) in [7, 11) is 0. The van der Waals surface area contributed by atoms with E-state index in [0.29, 0.717) is 12.2 Å². The highest BCUT2D eigenvalue weighted by Gasteiger charge is 2.19. The van der Waals surface area contributed by atoms with E-state index < -0.39 is 5.82 Å². The van der Waals surface area contributed by atoms with E-state index in [1.165, 1.54) is 12.1 Å². The topological polar surface area (TPSA) is 62.6 Å². The van der Waals surface area contributed by atoms with Crippen LogP contribution in [0.3, 0.4) is 0 Å². The maximum absolute atomic E-state index is 13.1. The summed E-state index contributed by atoms with van der Waals surface area (Å²) in [6, 6.07) is 11.3. The first-order chi connectivity index (χ1) is 12.9. The first-order valence-electron chi connectivity index (χ1n) is 8.83. The van der Waals surface area contributed by atoms with Crippen LogP contribution in [0, 0.1) is 12.7 Å². The van der Waals surface area contributed by atoms with Gasteiger partial charge in [0.05, 0.1) is 17.3 Å². The Morgan fingerprint density at radius 1 is 1.04 bits per heavy atom. The number of carbonyl (C=O) groups is 2. The molecule has 2 rings (SSSR count). The van der Waals surface area contributed by atoms with E-state index in [4.69, 9.17) is 11.6 Å². The fourth-order valence-corrected chi connectivity index (χ4v) is 2.95. The van der Waals surface area contributed by atoms with E-state index in [9.17, 15) is 14.0 Å². The number of hydrogen-bond acceptors (Lipinski definition) is 2. The van der Waals surface area contributed by atoms with Gasteiger partial charge in [-0.25, -0.2) is 4.39 Å². The summed E-state index contributed by atoms with van der Waals surface area (Å²) in [5.41, 5.74) is 2.09. The van der Waals surface area contributed by atoms with Crippen molar-refractivity contribution in [2.75, 3.05) is 30.3 Å². The predicted octanol–water partition coefficient (Wildman–Crippen LogP) is 2.66. The summed E-state index contributed by atoms with van der Waals surface area (Å²) in [6.45, 7) is 4.88. The second-order valence-electron chi connectivity index (χ2n) is 6.39. The molecule has 0 spiro atoms. The van der Waals surface area contributed by atoms with Gasteiger partial charge >= 0.3 is 0 Å². The third kappa shape index (κ3) is 6.66. The number of rotatable bonds is 8. The van der Waals surface area contributed by atoms with Crippen LogP contribution in [0.1, 0.15) is 18.9 Å². The summed E-state index contributed by atoms with van der Waals surface area (Å²) >= 11 is 5.94. The molecule has 2 amide bonds. The Kier molecular flexibility index (Phi) is 7.76. The van der Waals surface area contributed by atoms with Gasteiger partial charge in [0.25, 0.3) is 11.8 Å². The van der Waals surface area contributed by atoms with E-state index in [2.05, 4.69) is 10.6 Å². The smallest absolute Gasteiger partial charge is 0.279 e. The summed E-state index contributed by atoms with van der Waals surface area (Å²) < 4.78 is 13.1. The first-order valence-corrected chi connectivity index (χ1v) is 9.20. The Morgan fingerprint density at radius 2 is 1.67 bits per heavy atom. The molecule has 144 valence electrons. The molecule has 2 aromatic rings. The van der Waals surface area contributed by atoms with Crippen molar-refractivity contribution in [1.29, 1.82) is 0 Å². The summed E-state index contributed by atoms with van der Waals surface area (Å²) in [5, 5.41) is 5.69. The van der Waals surface area contributed by atoms with Gasteiger partial charge in [0.1, 0.15) is 5.82 Å². The lowest BCUT2D eigenvalue weighted by Crippen LogP contribution is -3.14. The molecule has 0 saturated carbocycles. The van der Waals surface area contributed by atoms with Crippen LogP contribution in [-0.2, 0) is 9.59 Å². The lowest BCUT2D eigenvalue weighted by atomic mass is 10.2. The Hall–Kier alpha value is -2.44. The number of para-hydroxylation sites is 1. The fraction of sp³-hybridized carbons (Fsp3) is 0.300. The SMILES string of the molecule is CCC[NH+](CC(=O)Nc1ccccc1C)CC(=O)Nc1ccc(F)cc1Cl. The van der Waals surface area contributed by atoms with Gasteiger partial charge < -0.3 is 15.5 Å². The van der Waals surface area contributed by atoms with Gasteiger partial charge in [0.2, 0.25) is 0 Å². The molecule has 2 aromatic carbocycles. The lowest BCUT2D eigenvalue weighted by molar-refractivity contribution is -0.883. The molecule has 27 heavy (non-hydrogen) atoms.